The van der Waals surface area contributed by atoms with Gasteiger partial charge in [-0.15, -0.1) is 4.98 Å². The summed E-state index contributed by atoms with van der Waals surface area (Å²) in [6, 6.07) is 8.22. The summed E-state index contributed by atoms with van der Waals surface area (Å²) in [6.07, 6.45) is 5.86. The third kappa shape index (κ3) is 1.02. The first kappa shape index (κ1) is 10.1. The van der Waals surface area contributed by atoms with Crippen LogP contribution in [0.25, 0.3) is 28.3 Å². The van der Waals surface area contributed by atoms with Gasteiger partial charge in [-0.1, -0.05) is 6.07 Å². The van der Waals surface area contributed by atoms with Crippen molar-refractivity contribution in [1.29, 1.82) is 0 Å². The van der Waals surface area contributed by atoms with E-state index in [0.717, 1.165) is 29.2 Å². The van der Waals surface area contributed by atoms with Gasteiger partial charge >= 0.3 is 5.78 Å². The van der Waals surface area contributed by atoms with Gasteiger partial charge < -0.3 is 0 Å². The van der Waals surface area contributed by atoms with Crippen molar-refractivity contribution in [3.05, 3.63) is 48.4 Å². The zero-order chi connectivity index (χ0) is 13.3. The van der Waals surface area contributed by atoms with Crippen molar-refractivity contribution in [2.75, 3.05) is 0 Å². The molecule has 0 bridgehead atoms. The standard InChI is InChI=1S/C15H12N5/c1-18-14-11(5-3-7-17-14)20-9-12-13-10(4-2-6-16-13)8-19(12)15(18)20/h2-7,9H,8H2,1H3/q+1. The van der Waals surface area contributed by atoms with Gasteiger partial charge in [0.2, 0.25) is 0 Å². The first-order chi connectivity index (χ1) is 9.84. The fourth-order valence-corrected chi connectivity index (χ4v) is 3.25. The quantitative estimate of drug-likeness (QED) is 0.397. The van der Waals surface area contributed by atoms with Crippen molar-refractivity contribution in [2.24, 2.45) is 7.05 Å². The Morgan fingerprint density at radius 3 is 2.95 bits per heavy atom. The molecule has 5 heterocycles. The van der Waals surface area contributed by atoms with Crippen LogP contribution >= 0.6 is 0 Å². The maximum atomic E-state index is 4.53. The summed E-state index contributed by atoms with van der Waals surface area (Å²) in [4.78, 5) is 9.00. The zero-order valence-electron chi connectivity index (χ0n) is 11.0. The third-order valence-electron chi connectivity index (χ3n) is 4.10. The summed E-state index contributed by atoms with van der Waals surface area (Å²) in [7, 11) is 2.06. The maximum absolute atomic E-state index is 4.53. The molecule has 5 heteroatoms. The van der Waals surface area contributed by atoms with E-state index in [9.17, 15) is 0 Å². The molecule has 5 rings (SSSR count). The lowest BCUT2D eigenvalue weighted by atomic mass is 10.2. The van der Waals surface area contributed by atoms with E-state index >= 15 is 0 Å². The molecule has 0 saturated heterocycles. The van der Waals surface area contributed by atoms with Crippen LogP contribution in [0.3, 0.4) is 0 Å². The van der Waals surface area contributed by atoms with Crippen LogP contribution in [0.5, 0.6) is 0 Å². The summed E-state index contributed by atoms with van der Waals surface area (Å²) in [5.41, 5.74) is 5.68. The Kier molecular flexibility index (Phi) is 1.65. The van der Waals surface area contributed by atoms with E-state index in [1.165, 1.54) is 11.3 Å². The van der Waals surface area contributed by atoms with Gasteiger partial charge in [0, 0.05) is 11.8 Å². The number of aromatic nitrogens is 5. The summed E-state index contributed by atoms with van der Waals surface area (Å²) in [6.45, 7) is 0.874. The highest BCUT2D eigenvalue weighted by atomic mass is 15.3. The molecule has 96 valence electrons. The molecule has 1 aliphatic heterocycles. The minimum Gasteiger partial charge on any atom is -0.253 e. The fraction of sp³-hybridized carbons (Fsp3) is 0.133. The highest BCUT2D eigenvalue weighted by Crippen LogP contribution is 2.32. The van der Waals surface area contributed by atoms with Crippen molar-refractivity contribution in [2.45, 2.75) is 6.54 Å². The third-order valence-corrected chi connectivity index (χ3v) is 4.10. The Morgan fingerprint density at radius 1 is 1.15 bits per heavy atom. The number of fused-ring (bicyclic) bond motifs is 7. The Hall–Kier alpha value is -2.69. The molecule has 4 aromatic heterocycles. The van der Waals surface area contributed by atoms with Gasteiger partial charge in [-0.25, -0.2) is 13.5 Å². The Bertz CT molecular complexity index is 992. The van der Waals surface area contributed by atoms with Crippen LogP contribution in [-0.4, -0.2) is 18.9 Å². The molecule has 0 radical (unpaired) electrons. The number of nitrogens with zero attached hydrogens (tertiary/aromatic N) is 5. The maximum Gasteiger partial charge on any atom is 0.329 e. The molecule has 1 aliphatic rings. The molecule has 20 heavy (non-hydrogen) atoms. The van der Waals surface area contributed by atoms with Gasteiger partial charge in [0.05, 0.1) is 26.0 Å². The molecule has 4 aromatic rings. The van der Waals surface area contributed by atoms with E-state index < -0.39 is 0 Å². The van der Waals surface area contributed by atoms with Crippen LogP contribution in [0, 0.1) is 0 Å². The lowest BCUT2D eigenvalue weighted by molar-refractivity contribution is -0.623. The normalized spacial score (nSPS) is 13.1. The Labute approximate surface area is 114 Å². The minimum atomic E-state index is 0.874. The number of imidazole rings is 2. The molecule has 0 spiro atoms. The van der Waals surface area contributed by atoms with Crippen molar-refractivity contribution in [1.82, 2.24) is 18.9 Å². The predicted molar refractivity (Wildman–Crippen MR) is 74.2 cm³/mol. The van der Waals surface area contributed by atoms with Crippen molar-refractivity contribution < 1.29 is 4.57 Å². The van der Waals surface area contributed by atoms with Crippen LogP contribution in [0.15, 0.2) is 42.9 Å². The minimum absolute atomic E-state index is 0.874. The van der Waals surface area contributed by atoms with E-state index in [1.807, 2.05) is 24.5 Å². The highest BCUT2D eigenvalue weighted by molar-refractivity contribution is 5.75. The second-order valence-electron chi connectivity index (χ2n) is 5.19. The molecule has 0 atom stereocenters. The second-order valence-corrected chi connectivity index (χ2v) is 5.19. The topological polar surface area (TPSA) is 39.0 Å². The van der Waals surface area contributed by atoms with Gasteiger partial charge in [-0.2, -0.15) is 0 Å². The number of aryl methyl sites for hydroxylation is 1. The second kappa shape index (κ2) is 3.25. The highest BCUT2D eigenvalue weighted by Gasteiger charge is 2.30. The first-order valence-electron chi connectivity index (χ1n) is 6.63. The first-order valence-corrected chi connectivity index (χ1v) is 6.63. The molecule has 0 amide bonds. The Balaban J connectivity index is 1.97. The summed E-state index contributed by atoms with van der Waals surface area (Å²) >= 11 is 0. The van der Waals surface area contributed by atoms with E-state index in [-0.39, 0.29) is 0 Å². The zero-order valence-corrected chi connectivity index (χ0v) is 11.0. The van der Waals surface area contributed by atoms with E-state index in [1.54, 1.807) is 0 Å². The van der Waals surface area contributed by atoms with Gasteiger partial charge in [-0.3, -0.25) is 4.98 Å². The van der Waals surface area contributed by atoms with Crippen LogP contribution in [-0.2, 0) is 13.6 Å². The van der Waals surface area contributed by atoms with Crippen molar-refractivity contribution >= 4 is 16.9 Å². The van der Waals surface area contributed by atoms with Gasteiger partial charge in [0.15, 0.2) is 5.52 Å². The fourth-order valence-electron chi connectivity index (χ4n) is 3.25. The van der Waals surface area contributed by atoms with Gasteiger partial charge in [0.25, 0.3) is 5.65 Å². The lowest BCUT2D eigenvalue weighted by Gasteiger charge is -1.94. The molecule has 0 aromatic carbocycles. The molecular weight excluding hydrogens is 250 g/mol. The molecule has 5 nitrogen and oxygen atoms in total. The largest absolute Gasteiger partial charge is 0.329 e. The number of rotatable bonds is 0. The van der Waals surface area contributed by atoms with E-state index in [0.29, 0.717) is 0 Å². The van der Waals surface area contributed by atoms with Crippen LogP contribution < -0.4 is 4.57 Å². The average molecular weight is 262 g/mol. The lowest BCUT2D eigenvalue weighted by Crippen LogP contribution is -2.30. The van der Waals surface area contributed by atoms with Crippen LogP contribution in [0.4, 0.5) is 0 Å². The smallest absolute Gasteiger partial charge is 0.253 e. The van der Waals surface area contributed by atoms with E-state index in [4.69, 9.17) is 0 Å². The molecule has 0 N–H and O–H groups in total. The average Bonchev–Trinajstić information content (AvgIpc) is 3.09. The molecular formula is C15H12N5+. The molecule has 0 aliphatic carbocycles. The molecule has 0 saturated carbocycles. The van der Waals surface area contributed by atoms with Gasteiger partial charge in [0.1, 0.15) is 11.4 Å². The van der Waals surface area contributed by atoms with Gasteiger partial charge in [-0.05, 0) is 18.2 Å². The number of pyridine rings is 2. The Morgan fingerprint density at radius 2 is 2.00 bits per heavy atom. The number of hydrogen-bond donors (Lipinski definition) is 0. The van der Waals surface area contributed by atoms with Crippen molar-refractivity contribution in [3.63, 3.8) is 0 Å². The molecule has 0 fully saturated rings. The summed E-state index contributed by atoms with van der Waals surface area (Å²) in [5.74, 6) is 1.15. The number of hydrogen-bond acceptors (Lipinski definition) is 2. The van der Waals surface area contributed by atoms with Crippen LogP contribution in [0.1, 0.15) is 5.56 Å². The SMILES string of the molecule is C[n+]1c2ncccc2n2cc3n(c21)Cc1cccnc1-3. The molecule has 0 unspecified atom stereocenters. The summed E-state index contributed by atoms with van der Waals surface area (Å²) in [5, 5.41) is 0. The summed E-state index contributed by atoms with van der Waals surface area (Å²) < 4.78 is 6.65. The monoisotopic (exact) mass is 262 g/mol. The van der Waals surface area contributed by atoms with Crippen LogP contribution in [0.2, 0.25) is 0 Å². The van der Waals surface area contributed by atoms with E-state index in [2.05, 4.69) is 48.9 Å². The van der Waals surface area contributed by atoms with Crippen molar-refractivity contribution in [3.8, 4) is 11.4 Å². The predicted octanol–water partition coefficient (Wildman–Crippen LogP) is 1.54.